The van der Waals surface area contributed by atoms with Gasteiger partial charge in [0.25, 0.3) is 0 Å². The first-order chi connectivity index (χ1) is 17.0. The Morgan fingerprint density at radius 2 is 1.86 bits per heavy atom. The smallest absolute Gasteiger partial charge is 0.410 e. The molecule has 0 aromatic heterocycles. The molecule has 1 fully saturated rings. The lowest BCUT2D eigenvalue weighted by atomic mass is 10.0. The number of carbonyl (C=O) groups excluding carboxylic acids is 4. The van der Waals surface area contributed by atoms with Crippen molar-refractivity contribution >= 4 is 23.9 Å². The van der Waals surface area contributed by atoms with Crippen LogP contribution in [0, 0.1) is 0 Å². The van der Waals surface area contributed by atoms with Crippen LogP contribution in [0.3, 0.4) is 0 Å². The van der Waals surface area contributed by atoms with Gasteiger partial charge < -0.3 is 24.6 Å². The maximum atomic E-state index is 13.2. The highest BCUT2D eigenvalue weighted by atomic mass is 16.6. The molecule has 2 aliphatic heterocycles. The van der Waals surface area contributed by atoms with Crippen LogP contribution in [0.2, 0.25) is 0 Å². The van der Waals surface area contributed by atoms with E-state index < -0.39 is 35.8 Å². The summed E-state index contributed by atoms with van der Waals surface area (Å²) in [6.45, 7) is 7.76. The lowest BCUT2D eigenvalue weighted by Gasteiger charge is -2.32. The molecule has 0 spiro atoms. The Hall–Kier alpha value is -3.36. The van der Waals surface area contributed by atoms with E-state index >= 15 is 0 Å². The Bertz CT molecular complexity index is 971. The topological polar surface area (TPSA) is 105 Å². The average molecular weight is 500 g/mol. The van der Waals surface area contributed by atoms with E-state index in [9.17, 15) is 19.2 Å². The number of nitrogens with one attached hydrogen (secondary N) is 1. The highest BCUT2D eigenvalue weighted by Crippen LogP contribution is 2.21. The Morgan fingerprint density at radius 1 is 1.14 bits per heavy atom. The quantitative estimate of drug-likeness (QED) is 0.496. The second kappa shape index (κ2) is 12.1. The summed E-state index contributed by atoms with van der Waals surface area (Å²) in [6, 6.07) is 7.37. The summed E-state index contributed by atoms with van der Waals surface area (Å²) >= 11 is 0. The van der Waals surface area contributed by atoms with E-state index in [1.807, 2.05) is 30.3 Å². The molecule has 3 rings (SSSR count). The molecule has 3 atom stereocenters. The summed E-state index contributed by atoms with van der Waals surface area (Å²) in [5, 5.41) is 2.82. The van der Waals surface area contributed by atoms with Crippen LogP contribution in [-0.4, -0.2) is 77.1 Å². The largest absolute Gasteiger partial charge is 0.460 e. The van der Waals surface area contributed by atoms with Crippen molar-refractivity contribution in [1.29, 1.82) is 0 Å². The first-order valence-electron chi connectivity index (χ1n) is 12.5. The van der Waals surface area contributed by atoms with Crippen LogP contribution in [0.1, 0.15) is 52.5 Å². The summed E-state index contributed by atoms with van der Waals surface area (Å²) < 4.78 is 11.0. The fourth-order valence-electron chi connectivity index (χ4n) is 4.37. The molecule has 0 aliphatic carbocycles. The third-order valence-electron chi connectivity index (χ3n) is 6.18. The number of cyclic esters (lactones) is 1. The van der Waals surface area contributed by atoms with E-state index in [-0.39, 0.29) is 37.8 Å². The summed E-state index contributed by atoms with van der Waals surface area (Å²) in [7, 11) is 0. The second-order valence-electron chi connectivity index (χ2n) is 10.3. The van der Waals surface area contributed by atoms with Gasteiger partial charge in [0.05, 0.1) is 0 Å². The van der Waals surface area contributed by atoms with E-state index in [0.29, 0.717) is 19.4 Å². The molecule has 1 saturated heterocycles. The highest BCUT2D eigenvalue weighted by Gasteiger charge is 2.37. The molecular formula is C27H37N3O6. The molecule has 2 heterocycles. The van der Waals surface area contributed by atoms with Gasteiger partial charge in [0.2, 0.25) is 11.8 Å². The van der Waals surface area contributed by atoms with Crippen LogP contribution in [0.25, 0.3) is 0 Å². The van der Waals surface area contributed by atoms with E-state index in [2.05, 4.69) is 5.32 Å². The van der Waals surface area contributed by atoms with Crippen molar-refractivity contribution in [3.05, 3.63) is 48.0 Å². The van der Waals surface area contributed by atoms with Crippen LogP contribution in [0.4, 0.5) is 4.79 Å². The minimum Gasteiger partial charge on any atom is -0.460 e. The summed E-state index contributed by atoms with van der Waals surface area (Å²) in [6.07, 6.45) is 4.34. The van der Waals surface area contributed by atoms with Gasteiger partial charge >= 0.3 is 12.1 Å². The monoisotopic (exact) mass is 499 g/mol. The van der Waals surface area contributed by atoms with Crippen molar-refractivity contribution in [2.45, 2.75) is 77.1 Å². The van der Waals surface area contributed by atoms with E-state index in [1.54, 1.807) is 44.7 Å². The number of amides is 3. The number of benzene rings is 1. The highest BCUT2D eigenvalue weighted by molar-refractivity contribution is 5.91. The zero-order valence-corrected chi connectivity index (χ0v) is 21.6. The van der Waals surface area contributed by atoms with Crippen LogP contribution in [0.15, 0.2) is 42.5 Å². The number of hydrogen-bond acceptors (Lipinski definition) is 6. The van der Waals surface area contributed by atoms with Crippen molar-refractivity contribution in [2.24, 2.45) is 0 Å². The molecule has 0 bridgehead atoms. The summed E-state index contributed by atoms with van der Waals surface area (Å²) in [5.41, 5.74) is 0.192. The van der Waals surface area contributed by atoms with Gasteiger partial charge in [-0.05, 0) is 52.2 Å². The Morgan fingerprint density at radius 3 is 2.56 bits per heavy atom. The third kappa shape index (κ3) is 7.57. The molecule has 0 unspecified atom stereocenters. The van der Waals surface area contributed by atoms with Gasteiger partial charge in [-0.1, -0.05) is 36.4 Å². The number of ether oxygens (including phenoxy) is 2. The summed E-state index contributed by atoms with van der Waals surface area (Å²) in [4.78, 5) is 55.3. The third-order valence-corrected chi connectivity index (χ3v) is 6.18. The second-order valence-corrected chi connectivity index (χ2v) is 10.3. The van der Waals surface area contributed by atoms with Crippen molar-refractivity contribution in [2.75, 3.05) is 19.7 Å². The molecule has 2 aliphatic rings. The van der Waals surface area contributed by atoms with Crippen LogP contribution in [0.5, 0.6) is 0 Å². The minimum absolute atomic E-state index is 0.00891. The SMILES string of the molecule is C[C@@H]1CC(=O)N2CCC[C@H]2C(=O)N[C@@H](Cc2ccccc2)C(=O)OC/C=C/CN1C(=O)OC(C)(C)C. The minimum atomic E-state index is -0.881. The van der Waals surface area contributed by atoms with E-state index in [1.165, 1.54) is 4.90 Å². The normalized spacial score (nSPS) is 25.2. The standard InChI is InChI=1S/C27H37N3O6/c1-19-17-23(31)30-15-10-13-22(30)24(32)28-21(18-20-11-6-5-7-12-20)25(33)35-16-9-8-14-29(19)26(34)36-27(2,3)4/h5-9,11-12,19,21-22H,10,13-18H2,1-4H3,(H,28,32)/b9-8+/t19-,21+,22+/m1/s1. The van der Waals surface area contributed by atoms with Crippen LogP contribution >= 0.6 is 0 Å². The fraction of sp³-hybridized carbons (Fsp3) is 0.556. The number of esters is 1. The van der Waals surface area contributed by atoms with Gasteiger partial charge in [-0.3, -0.25) is 9.59 Å². The zero-order valence-electron chi connectivity index (χ0n) is 21.6. The molecule has 9 nitrogen and oxygen atoms in total. The molecule has 1 N–H and O–H groups in total. The first-order valence-corrected chi connectivity index (χ1v) is 12.5. The van der Waals surface area contributed by atoms with E-state index in [4.69, 9.17) is 9.47 Å². The van der Waals surface area contributed by atoms with Gasteiger partial charge in [-0.2, -0.15) is 0 Å². The predicted molar refractivity (Wildman–Crippen MR) is 134 cm³/mol. The number of rotatable bonds is 2. The molecule has 1 aromatic carbocycles. The average Bonchev–Trinajstić information content (AvgIpc) is 3.30. The molecule has 196 valence electrons. The van der Waals surface area contributed by atoms with Gasteiger partial charge in [0, 0.05) is 32.0 Å². The van der Waals surface area contributed by atoms with Gasteiger partial charge in [0.15, 0.2) is 0 Å². The zero-order chi connectivity index (χ0) is 26.3. The van der Waals surface area contributed by atoms with Crippen LogP contribution in [-0.2, 0) is 30.3 Å². The fourth-order valence-corrected chi connectivity index (χ4v) is 4.37. The first kappa shape index (κ1) is 27.2. The Balaban J connectivity index is 1.84. The van der Waals surface area contributed by atoms with E-state index in [0.717, 1.165) is 5.56 Å². The molecular weight excluding hydrogens is 462 g/mol. The number of fused-ring (bicyclic) bond motifs is 1. The molecule has 3 amide bonds. The van der Waals surface area contributed by atoms with Crippen LogP contribution < -0.4 is 5.32 Å². The summed E-state index contributed by atoms with van der Waals surface area (Å²) in [5.74, 6) is -1.14. The number of hydrogen-bond donors (Lipinski definition) is 1. The number of nitrogens with zero attached hydrogens (tertiary/aromatic N) is 2. The predicted octanol–water partition coefficient (Wildman–Crippen LogP) is 2.83. The van der Waals surface area contributed by atoms with Gasteiger partial charge in [-0.15, -0.1) is 0 Å². The Kier molecular flexibility index (Phi) is 9.12. The van der Waals surface area contributed by atoms with Crippen molar-refractivity contribution < 1.29 is 28.7 Å². The number of carbonyl (C=O) groups is 4. The molecule has 9 heteroatoms. The molecule has 1 aromatic rings. The maximum absolute atomic E-state index is 13.2. The Labute approximate surface area is 212 Å². The lowest BCUT2D eigenvalue weighted by molar-refractivity contribution is -0.147. The van der Waals surface area contributed by atoms with Crippen molar-refractivity contribution in [1.82, 2.24) is 15.1 Å². The molecule has 0 radical (unpaired) electrons. The lowest BCUT2D eigenvalue weighted by Crippen LogP contribution is -2.52. The van der Waals surface area contributed by atoms with Gasteiger partial charge in [-0.25, -0.2) is 9.59 Å². The van der Waals surface area contributed by atoms with Gasteiger partial charge in [0.1, 0.15) is 24.3 Å². The molecule has 0 saturated carbocycles. The molecule has 36 heavy (non-hydrogen) atoms. The van der Waals surface area contributed by atoms with Crippen molar-refractivity contribution in [3.63, 3.8) is 0 Å². The van der Waals surface area contributed by atoms with Crippen molar-refractivity contribution in [3.8, 4) is 0 Å². The maximum Gasteiger partial charge on any atom is 0.410 e.